The molecule has 186 valence electrons. The first-order valence-corrected chi connectivity index (χ1v) is 13.0. The zero-order valence-electron chi connectivity index (χ0n) is 18.8. The number of morpholine rings is 1. The van der Waals surface area contributed by atoms with Gasteiger partial charge >= 0.3 is 11.9 Å². The van der Waals surface area contributed by atoms with Crippen LogP contribution in [0, 0.1) is 5.82 Å². The minimum atomic E-state index is -1.03. The Balaban J connectivity index is 1.83. The number of esters is 1. The number of aliphatic imine (C=N–C) groups is 1. The number of ether oxygens (including phenoxy) is 2. The fourth-order valence-corrected chi connectivity index (χ4v) is 5.52. The molecule has 0 saturated carbocycles. The summed E-state index contributed by atoms with van der Waals surface area (Å²) in [5, 5.41) is 16.2. The molecule has 2 aliphatic rings. The van der Waals surface area contributed by atoms with Gasteiger partial charge in [0.1, 0.15) is 22.9 Å². The molecule has 1 aromatic heterocycles. The third kappa shape index (κ3) is 5.51. The molecule has 2 aliphatic heterocycles. The minimum Gasteiger partial charge on any atom is -0.480 e. The summed E-state index contributed by atoms with van der Waals surface area (Å²) in [7, 11) is 1.25. The first kappa shape index (κ1) is 25.6. The van der Waals surface area contributed by atoms with Gasteiger partial charge in [0.2, 0.25) is 0 Å². The van der Waals surface area contributed by atoms with Crippen molar-refractivity contribution in [1.82, 2.24) is 15.2 Å². The van der Waals surface area contributed by atoms with Gasteiger partial charge in [-0.15, -0.1) is 23.1 Å². The molecule has 0 radical (unpaired) electrons. The molecular formula is C22H22ClFN4O5S2. The first-order chi connectivity index (χ1) is 16.8. The van der Waals surface area contributed by atoms with E-state index in [-0.39, 0.29) is 23.7 Å². The number of aromatic nitrogens is 1. The second kappa shape index (κ2) is 11.0. The van der Waals surface area contributed by atoms with Gasteiger partial charge in [-0.2, -0.15) is 0 Å². The van der Waals surface area contributed by atoms with E-state index >= 15 is 0 Å². The van der Waals surface area contributed by atoms with E-state index in [1.165, 1.54) is 42.3 Å². The van der Waals surface area contributed by atoms with Gasteiger partial charge in [0, 0.05) is 34.8 Å². The molecule has 2 aromatic rings. The van der Waals surface area contributed by atoms with Crippen LogP contribution in [0.5, 0.6) is 0 Å². The average molecular weight is 541 g/mol. The second-order valence-electron chi connectivity index (χ2n) is 7.65. The van der Waals surface area contributed by atoms with Crippen molar-refractivity contribution in [2.75, 3.05) is 39.7 Å². The third-order valence-electron chi connectivity index (χ3n) is 5.57. The Morgan fingerprint density at radius 3 is 2.91 bits per heavy atom. The number of nitrogens with one attached hydrogen (secondary N) is 1. The van der Waals surface area contributed by atoms with Crippen molar-refractivity contribution >= 4 is 52.5 Å². The number of benzene rings is 1. The Hall–Kier alpha value is -2.51. The van der Waals surface area contributed by atoms with Gasteiger partial charge in [-0.3, -0.25) is 14.7 Å². The molecule has 3 heterocycles. The molecule has 0 amide bonds. The van der Waals surface area contributed by atoms with Crippen molar-refractivity contribution in [2.24, 2.45) is 4.99 Å². The number of thiazole rings is 1. The second-order valence-corrected chi connectivity index (χ2v) is 9.74. The normalized spacial score (nSPS) is 20.9. The monoisotopic (exact) mass is 540 g/mol. The van der Waals surface area contributed by atoms with Crippen molar-refractivity contribution in [2.45, 2.75) is 17.1 Å². The number of methoxy groups -OCH3 is 1. The van der Waals surface area contributed by atoms with E-state index in [0.29, 0.717) is 35.3 Å². The molecule has 35 heavy (non-hydrogen) atoms. The van der Waals surface area contributed by atoms with Crippen LogP contribution < -0.4 is 5.32 Å². The van der Waals surface area contributed by atoms with Gasteiger partial charge in [-0.05, 0) is 18.4 Å². The van der Waals surface area contributed by atoms with Gasteiger partial charge in [0.25, 0.3) is 0 Å². The molecule has 0 spiro atoms. The Morgan fingerprint density at radius 2 is 2.26 bits per heavy atom. The molecule has 1 saturated heterocycles. The highest BCUT2D eigenvalue weighted by Gasteiger charge is 2.37. The van der Waals surface area contributed by atoms with Crippen molar-refractivity contribution in [1.29, 1.82) is 0 Å². The van der Waals surface area contributed by atoms with Crippen LogP contribution in [-0.4, -0.2) is 78.5 Å². The highest BCUT2D eigenvalue weighted by molar-refractivity contribution is 7.98. The molecular weight excluding hydrogens is 519 g/mol. The topological polar surface area (TPSA) is 113 Å². The Morgan fingerprint density at radius 1 is 1.46 bits per heavy atom. The number of halogens is 2. The van der Waals surface area contributed by atoms with Crippen LogP contribution in [-0.2, 0) is 19.1 Å². The van der Waals surface area contributed by atoms with Crippen LogP contribution in [0.25, 0.3) is 0 Å². The summed E-state index contributed by atoms with van der Waals surface area (Å²) in [5.74, 6) is -1.83. The fourth-order valence-electron chi connectivity index (χ4n) is 3.85. The molecule has 13 heteroatoms. The maximum Gasteiger partial charge on any atom is 0.338 e. The Kier molecular flexibility index (Phi) is 8.07. The largest absolute Gasteiger partial charge is 0.480 e. The molecule has 0 aliphatic carbocycles. The van der Waals surface area contributed by atoms with Gasteiger partial charge in [0.15, 0.2) is 10.8 Å². The van der Waals surface area contributed by atoms with Crippen molar-refractivity contribution in [3.63, 3.8) is 0 Å². The van der Waals surface area contributed by atoms with Crippen LogP contribution in [0.2, 0.25) is 5.02 Å². The number of hydrogen-bond acceptors (Lipinski definition) is 10. The SMILES string of the molecule is COC(=O)C1=C(CN2CCOC[C@H]2C(=O)O)NC(c2nc(SC)cs2)=N[C@H]1c1ccc(F)cc1Cl. The van der Waals surface area contributed by atoms with E-state index in [1.807, 2.05) is 11.6 Å². The summed E-state index contributed by atoms with van der Waals surface area (Å²) in [4.78, 5) is 35.8. The van der Waals surface area contributed by atoms with E-state index in [9.17, 15) is 19.1 Å². The smallest absolute Gasteiger partial charge is 0.338 e. The fraction of sp³-hybridized carbons (Fsp3) is 0.364. The highest BCUT2D eigenvalue weighted by Crippen LogP contribution is 2.37. The lowest BCUT2D eigenvalue weighted by Gasteiger charge is -2.35. The number of carboxylic acids is 1. The molecule has 2 N–H and O–H groups in total. The molecule has 4 rings (SSSR count). The quantitative estimate of drug-likeness (QED) is 0.404. The molecule has 2 atom stereocenters. The van der Waals surface area contributed by atoms with Crippen molar-refractivity contribution in [3.05, 3.63) is 56.3 Å². The standard InChI is InChI=1S/C22H22ClFN4O5S2/c1-32-22(31)17-14(8-28-5-6-33-9-15(28)21(29)30)25-19(20-26-16(34-2)10-35-20)27-18(17)12-4-3-11(24)7-13(12)23/h3-4,7,10,15,18H,5-6,8-9H2,1-2H3,(H,25,27)(H,29,30)/t15-,18-/m0/s1. The van der Waals surface area contributed by atoms with Gasteiger partial charge in [0.05, 0.1) is 25.9 Å². The zero-order chi connectivity index (χ0) is 25.1. The lowest BCUT2D eigenvalue weighted by molar-refractivity contribution is -0.149. The van der Waals surface area contributed by atoms with Crippen LogP contribution in [0.15, 0.2) is 44.9 Å². The van der Waals surface area contributed by atoms with Crippen LogP contribution in [0.4, 0.5) is 4.39 Å². The lowest BCUT2D eigenvalue weighted by atomic mass is 9.95. The van der Waals surface area contributed by atoms with Gasteiger partial charge in [-0.1, -0.05) is 17.7 Å². The number of carboxylic acid groups (broad SMARTS) is 1. The zero-order valence-corrected chi connectivity index (χ0v) is 21.2. The van der Waals surface area contributed by atoms with E-state index in [0.717, 1.165) is 11.1 Å². The Labute approximate surface area is 214 Å². The maximum atomic E-state index is 13.8. The Bertz CT molecular complexity index is 1200. The number of carbonyl (C=O) groups is 2. The van der Waals surface area contributed by atoms with Crippen LogP contribution in [0.3, 0.4) is 0 Å². The summed E-state index contributed by atoms with van der Waals surface area (Å²) in [5.41, 5.74) is 0.965. The van der Waals surface area contributed by atoms with Crippen molar-refractivity contribution in [3.8, 4) is 0 Å². The number of carbonyl (C=O) groups excluding carboxylic acids is 1. The third-order valence-corrected chi connectivity index (χ3v) is 7.52. The predicted molar refractivity (Wildman–Crippen MR) is 131 cm³/mol. The number of thioether (sulfide) groups is 1. The summed E-state index contributed by atoms with van der Waals surface area (Å²) in [6.07, 6.45) is 1.90. The highest BCUT2D eigenvalue weighted by atomic mass is 35.5. The predicted octanol–water partition coefficient (Wildman–Crippen LogP) is 2.96. The van der Waals surface area contributed by atoms with E-state index < -0.39 is 29.8 Å². The molecule has 0 unspecified atom stereocenters. The molecule has 9 nitrogen and oxygen atoms in total. The minimum absolute atomic E-state index is 0.0217. The van der Waals surface area contributed by atoms with Gasteiger partial charge < -0.3 is 19.9 Å². The van der Waals surface area contributed by atoms with Gasteiger partial charge in [-0.25, -0.2) is 14.2 Å². The number of rotatable bonds is 7. The lowest BCUT2D eigenvalue weighted by Crippen LogP contribution is -2.52. The average Bonchev–Trinajstić information content (AvgIpc) is 3.33. The summed E-state index contributed by atoms with van der Waals surface area (Å²) < 4.78 is 24.2. The number of amidine groups is 1. The van der Waals surface area contributed by atoms with E-state index in [2.05, 4.69) is 10.3 Å². The number of nitrogens with zero attached hydrogens (tertiary/aromatic N) is 3. The van der Waals surface area contributed by atoms with Crippen LogP contribution in [0.1, 0.15) is 16.6 Å². The first-order valence-electron chi connectivity index (χ1n) is 10.5. The molecule has 1 fully saturated rings. The van der Waals surface area contributed by atoms with E-state index in [1.54, 1.807) is 4.90 Å². The molecule has 0 bridgehead atoms. The summed E-state index contributed by atoms with van der Waals surface area (Å²) in [6, 6.07) is 2.05. The maximum absolute atomic E-state index is 13.8. The molecule has 1 aromatic carbocycles. The van der Waals surface area contributed by atoms with Crippen molar-refractivity contribution < 1.29 is 28.6 Å². The number of hydrogen-bond donors (Lipinski definition) is 2. The van der Waals surface area contributed by atoms with Crippen LogP contribution >= 0.6 is 34.7 Å². The summed E-state index contributed by atoms with van der Waals surface area (Å²) in [6.45, 7) is 0.801. The number of aliphatic carboxylic acids is 1. The van der Waals surface area contributed by atoms with E-state index in [4.69, 9.17) is 26.1 Å². The summed E-state index contributed by atoms with van der Waals surface area (Å²) >= 11 is 9.22.